The number of hydrogen-bond donors (Lipinski definition) is 0. The lowest BCUT2D eigenvalue weighted by atomic mass is 9.70. The van der Waals surface area contributed by atoms with Gasteiger partial charge in [-0.25, -0.2) is 0 Å². The third-order valence-corrected chi connectivity index (χ3v) is 6.19. The minimum absolute atomic E-state index is 0.175. The van der Waals surface area contributed by atoms with Gasteiger partial charge in [-0.3, -0.25) is 0 Å². The Kier molecular flexibility index (Phi) is 5.77. The Morgan fingerprint density at radius 3 is 1.90 bits per heavy atom. The molecular formula is C20H31Cl. The molecule has 0 spiro atoms. The molecular weight excluding hydrogens is 276 g/mol. The maximum absolute atomic E-state index is 7.09. The van der Waals surface area contributed by atoms with Gasteiger partial charge < -0.3 is 0 Å². The highest BCUT2D eigenvalue weighted by molar-refractivity contribution is 6.21. The number of aryl methyl sites for hydroxylation is 3. The Hall–Kier alpha value is -0.490. The lowest BCUT2D eigenvalue weighted by Gasteiger charge is -2.39. The summed E-state index contributed by atoms with van der Waals surface area (Å²) >= 11 is 7.09. The molecule has 0 aromatic heterocycles. The zero-order chi connectivity index (χ0) is 15.5. The predicted molar refractivity (Wildman–Crippen MR) is 94.4 cm³/mol. The monoisotopic (exact) mass is 306 g/mol. The van der Waals surface area contributed by atoms with Crippen LogP contribution in [0.2, 0.25) is 0 Å². The van der Waals surface area contributed by atoms with Crippen molar-refractivity contribution in [3.8, 4) is 0 Å². The van der Waals surface area contributed by atoms with E-state index >= 15 is 0 Å². The van der Waals surface area contributed by atoms with Gasteiger partial charge in [-0.05, 0) is 59.8 Å². The van der Waals surface area contributed by atoms with Crippen molar-refractivity contribution in [2.45, 2.75) is 84.4 Å². The van der Waals surface area contributed by atoms with E-state index < -0.39 is 0 Å². The Morgan fingerprint density at radius 2 is 1.48 bits per heavy atom. The van der Waals surface area contributed by atoms with Crippen molar-refractivity contribution in [3.05, 3.63) is 34.4 Å². The molecule has 0 amide bonds. The first kappa shape index (κ1) is 16.9. The second-order valence-electron chi connectivity index (χ2n) is 6.97. The van der Waals surface area contributed by atoms with Crippen LogP contribution in [0.1, 0.15) is 87.4 Å². The van der Waals surface area contributed by atoms with Crippen LogP contribution in [-0.2, 0) is 19.3 Å². The van der Waals surface area contributed by atoms with Crippen molar-refractivity contribution in [1.82, 2.24) is 0 Å². The van der Waals surface area contributed by atoms with E-state index in [1.54, 1.807) is 0 Å². The third kappa shape index (κ3) is 3.47. The second kappa shape index (κ2) is 7.18. The van der Waals surface area contributed by atoms with E-state index in [-0.39, 0.29) is 10.8 Å². The SMILES string of the molecule is CCc1cc(CC)c(C(Cl)C2(C)CCCCC2)c(CC)c1. The third-order valence-electron chi connectivity index (χ3n) is 5.44. The van der Waals surface area contributed by atoms with Crippen molar-refractivity contribution < 1.29 is 0 Å². The fourth-order valence-electron chi connectivity index (χ4n) is 3.93. The van der Waals surface area contributed by atoms with E-state index in [0.29, 0.717) is 0 Å². The van der Waals surface area contributed by atoms with E-state index in [0.717, 1.165) is 19.3 Å². The zero-order valence-corrected chi connectivity index (χ0v) is 15.0. The average Bonchev–Trinajstić information content (AvgIpc) is 2.53. The zero-order valence-electron chi connectivity index (χ0n) is 14.3. The van der Waals surface area contributed by atoms with Crippen LogP contribution in [0.15, 0.2) is 12.1 Å². The smallest absolute Gasteiger partial charge is 0.0644 e. The largest absolute Gasteiger partial charge is 0.117 e. The molecule has 1 aliphatic rings. The van der Waals surface area contributed by atoms with Gasteiger partial charge >= 0.3 is 0 Å². The summed E-state index contributed by atoms with van der Waals surface area (Å²) in [4.78, 5) is 0. The topological polar surface area (TPSA) is 0 Å². The van der Waals surface area contributed by atoms with Gasteiger partial charge in [0.05, 0.1) is 5.38 Å². The van der Waals surface area contributed by atoms with Crippen molar-refractivity contribution in [2.75, 3.05) is 0 Å². The predicted octanol–water partition coefficient (Wildman–Crippen LogP) is 6.62. The Labute approximate surface area is 136 Å². The second-order valence-corrected chi connectivity index (χ2v) is 7.40. The number of hydrogen-bond acceptors (Lipinski definition) is 0. The van der Waals surface area contributed by atoms with Crippen LogP contribution in [0.25, 0.3) is 0 Å². The van der Waals surface area contributed by atoms with Gasteiger partial charge in [0.2, 0.25) is 0 Å². The molecule has 2 rings (SSSR count). The van der Waals surface area contributed by atoms with Crippen LogP contribution in [0.3, 0.4) is 0 Å². The summed E-state index contributed by atoms with van der Waals surface area (Å²) in [5.74, 6) is 0. The summed E-state index contributed by atoms with van der Waals surface area (Å²) in [5.41, 5.74) is 6.17. The standard InChI is InChI=1S/C20H31Cl/c1-5-15-13-16(6-2)18(17(7-3)14-15)19(21)20(4)11-9-8-10-12-20/h13-14,19H,5-12H2,1-4H3. The van der Waals surface area contributed by atoms with Crippen LogP contribution >= 0.6 is 11.6 Å². The molecule has 1 aromatic rings. The van der Waals surface area contributed by atoms with Gasteiger partial charge in [0, 0.05) is 0 Å². The van der Waals surface area contributed by atoms with Gasteiger partial charge in [0.15, 0.2) is 0 Å². The van der Waals surface area contributed by atoms with E-state index in [4.69, 9.17) is 11.6 Å². The van der Waals surface area contributed by atoms with Gasteiger partial charge in [0.25, 0.3) is 0 Å². The van der Waals surface area contributed by atoms with E-state index in [1.165, 1.54) is 54.4 Å². The molecule has 1 saturated carbocycles. The lowest BCUT2D eigenvalue weighted by molar-refractivity contribution is 0.205. The summed E-state index contributed by atoms with van der Waals surface area (Å²) in [7, 11) is 0. The highest BCUT2D eigenvalue weighted by Crippen LogP contribution is 2.50. The minimum Gasteiger partial charge on any atom is -0.117 e. The normalized spacial score (nSPS) is 19.5. The molecule has 0 heterocycles. The van der Waals surface area contributed by atoms with Crippen LogP contribution < -0.4 is 0 Å². The highest BCUT2D eigenvalue weighted by Gasteiger charge is 2.37. The van der Waals surface area contributed by atoms with Crippen molar-refractivity contribution in [3.63, 3.8) is 0 Å². The summed E-state index contributed by atoms with van der Waals surface area (Å²) in [5, 5.41) is 0.175. The molecule has 0 bridgehead atoms. The molecule has 0 radical (unpaired) electrons. The Balaban J connectivity index is 2.45. The van der Waals surface area contributed by atoms with E-state index in [1.807, 2.05) is 0 Å². The number of rotatable bonds is 5. The molecule has 1 unspecified atom stereocenters. The van der Waals surface area contributed by atoms with Crippen molar-refractivity contribution >= 4 is 11.6 Å². The van der Waals surface area contributed by atoms with Gasteiger partial charge in [-0.1, -0.05) is 59.1 Å². The molecule has 21 heavy (non-hydrogen) atoms. The van der Waals surface area contributed by atoms with Gasteiger partial charge in [-0.2, -0.15) is 0 Å². The first-order valence-corrected chi connectivity index (χ1v) is 9.28. The van der Waals surface area contributed by atoms with E-state index in [9.17, 15) is 0 Å². The fourth-order valence-corrected chi connectivity index (χ4v) is 4.43. The number of benzene rings is 1. The van der Waals surface area contributed by atoms with Gasteiger partial charge in [0.1, 0.15) is 0 Å². The minimum atomic E-state index is 0.175. The summed E-state index contributed by atoms with van der Waals surface area (Å²) in [6.45, 7) is 9.19. The van der Waals surface area contributed by atoms with Crippen LogP contribution in [-0.4, -0.2) is 0 Å². The highest BCUT2D eigenvalue weighted by atomic mass is 35.5. The van der Waals surface area contributed by atoms with Crippen LogP contribution in [0.4, 0.5) is 0 Å². The van der Waals surface area contributed by atoms with Gasteiger partial charge in [-0.15, -0.1) is 11.6 Å². The average molecular weight is 307 g/mol. The van der Waals surface area contributed by atoms with Crippen molar-refractivity contribution in [2.24, 2.45) is 5.41 Å². The lowest BCUT2D eigenvalue weighted by Crippen LogP contribution is -2.27. The molecule has 0 aliphatic heterocycles. The summed E-state index contributed by atoms with van der Waals surface area (Å²) in [6.07, 6.45) is 9.93. The molecule has 1 aromatic carbocycles. The quantitative estimate of drug-likeness (QED) is 0.536. The number of alkyl halides is 1. The van der Waals surface area contributed by atoms with Crippen LogP contribution in [0, 0.1) is 5.41 Å². The first-order chi connectivity index (χ1) is 10.1. The summed E-state index contributed by atoms with van der Waals surface area (Å²) < 4.78 is 0. The number of halogens is 1. The fraction of sp³-hybridized carbons (Fsp3) is 0.700. The van der Waals surface area contributed by atoms with Crippen molar-refractivity contribution in [1.29, 1.82) is 0 Å². The molecule has 1 atom stereocenters. The molecule has 0 saturated heterocycles. The maximum Gasteiger partial charge on any atom is 0.0644 e. The first-order valence-electron chi connectivity index (χ1n) is 8.84. The van der Waals surface area contributed by atoms with E-state index in [2.05, 4.69) is 39.8 Å². The molecule has 0 nitrogen and oxygen atoms in total. The summed E-state index contributed by atoms with van der Waals surface area (Å²) in [6, 6.07) is 4.80. The molecule has 1 aliphatic carbocycles. The molecule has 1 fully saturated rings. The molecule has 0 N–H and O–H groups in total. The maximum atomic E-state index is 7.09. The molecule has 118 valence electrons. The Morgan fingerprint density at radius 1 is 0.952 bits per heavy atom. The van der Waals surface area contributed by atoms with Crippen LogP contribution in [0.5, 0.6) is 0 Å². The Bertz CT molecular complexity index is 444. The molecule has 1 heteroatoms.